The summed E-state index contributed by atoms with van der Waals surface area (Å²) in [6.45, 7) is 7.01. The molecule has 0 saturated carbocycles. The van der Waals surface area contributed by atoms with Crippen molar-refractivity contribution in [2.45, 2.75) is 27.2 Å². The molecule has 0 aromatic carbocycles. The molecule has 0 saturated heterocycles. The minimum Gasteiger partial charge on any atom is -0.322 e. The zero-order valence-corrected chi connectivity index (χ0v) is 9.48. The maximum atomic E-state index is 11.5. The van der Waals surface area contributed by atoms with E-state index in [1.165, 1.54) is 0 Å². The van der Waals surface area contributed by atoms with Crippen LogP contribution in [0.1, 0.15) is 24.7 Å². The molecule has 15 heavy (non-hydrogen) atoms. The van der Waals surface area contributed by atoms with Crippen molar-refractivity contribution in [3.63, 3.8) is 0 Å². The van der Waals surface area contributed by atoms with Crippen molar-refractivity contribution in [1.82, 2.24) is 15.5 Å². The normalized spacial score (nSPS) is 10.3. The van der Waals surface area contributed by atoms with E-state index in [9.17, 15) is 4.79 Å². The molecule has 3 N–H and O–H groups in total. The van der Waals surface area contributed by atoms with E-state index in [0.717, 1.165) is 30.0 Å². The molecule has 1 heterocycles. The number of hydrogen-bond donors (Lipinski definition) is 3. The van der Waals surface area contributed by atoms with Crippen LogP contribution in [0.2, 0.25) is 0 Å². The highest BCUT2D eigenvalue weighted by Gasteiger charge is 2.09. The number of rotatable bonds is 5. The van der Waals surface area contributed by atoms with Crippen LogP contribution >= 0.6 is 0 Å². The third-order valence-electron chi connectivity index (χ3n) is 2.10. The molecule has 1 rings (SSSR count). The third kappa shape index (κ3) is 3.36. The van der Waals surface area contributed by atoms with E-state index >= 15 is 0 Å². The maximum absolute atomic E-state index is 11.5. The highest BCUT2D eigenvalue weighted by molar-refractivity contribution is 5.93. The van der Waals surface area contributed by atoms with Gasteiger partial charge in [0.1, 0.15) is 0 Å². The van der Waals surface area contributed by atoms with E-state index in [1.807, 2.05) is 13.8 Å². The Bertz CT molecular complexity index is 313. The van der Waals surface area contributed by atoms with Crippen LogP contribution in [0.4, 0.5) is 5.69 Å². The first-order chi connectivity index (χ1) is 7.15. The zero-order chi connectivity index (χ0) is 11.3. The van der Waals surface area contributed by atoms with Crippen LogP contribution in [0.25, 0.3) is 0 Å². The summed E-state index contributed by atoms with van der Waals surface area (Å²) in [5.74, 6) is -0.0314. The van der Waals surface area contributed by atoms with Gasteiger partial charge >= 0.3 is 0 Å². The van der Waals surface area contributed by atoms with Crippen LogP contribution < -0.4 is 10.6 Å². The molecule has 5 heteroatoms. The van der Waals surface area contributed by atoms with Crippen molar-refractivity contribution in [1.29, 1.82) is 0 Å². The summed E-state index contributed by atoms with van der Waals surface area (Å²) in [6, 6.07) is 0. The second-order valence-corrected chi connectivity index (χ2v) is 3.53. The van der Waals surface area contributed by atoms with Crippen LogP contribution in [-0.2, 0) is 4.79 Å². The molecule has 0 spiro atoms. The Labute approximate surface area is 89.6 Å². The second-order valence-electron chi connectivity index (χ2n) is 3.53. The molecule has 0 bridgehead atoms. The predicted molar refractivity (Wildman–Crippen MR) is 59.9 cm³/mol. The first-order valence-corrected chi connectivity index (χ1v) is 5.17. The molecule has 0 atom stereocenters. The summed E-state index contributed by atoms with van der Waals surface area (Å²) >= 11 is 0. The average Bonchev–Trinajstić information content (AvgIpc) is 2.50. The molecule has 0 radical (unpaired) electrons. The van der Waals surface area contributed by atoms with Crippen molar-refractivity contribution in [3.8, 4) is 0 Å². The van der Waals surface area contributed by atoms with E-state index in [4.69, 9.17) is 0 Å². The Morgan fingerprint density at radius 2 is 2.20 bits per heavy atom. The number of anilines is 1. The average molecular weight is 210 g/mol. The predicted octanol–water partition coefficient (Wildman–Crippen LogP) is 0.965. The Morgan fingerprint density at radius 1 is 1.47 bits per heavy atom. The van der Waals surface area contributed by atoms with Gasteiger partial charge in [-0.1, -0.05) is 6.92 Å². The first kappa shape index (κ1) is 11.7. The third-order valence-corrected chi connectivity index (χ3v) is 2.10. The lowest BCUT2D eigenvalue weighted by atomic mass is 10.3. The molecule has 0 fully saturated rings. The van der Waals surface area contributed by atoms with Crippen LogP contribution in [0.5, 0.6) is 0 Å². The van der Waals surface area contributed by atoms with Crippen molar-refractivity contribution in [3.05, 3.63) is 11.4 Å². The zero-order valence-electron chi connectivity index (χ0n) is 9.48. The summed E-state index contributed by atoms with van der Waals surface area (Å²) in [5.41, 5.74) is 2.49. The summed E-state index contributed by atoms with van der Waals surface area (Å²) in [6.07, 6.45) is 1.02. The number of carbonyl (C=O) groups is 1. The van der Waals surface area contributed by atoms with E-state index < -0.39 is 0 Å². The Morgan fingerprint density at radius 3 is 2.73 bits per heavy atom. The van der Waals surface area contributed by atoms with Crippen LogP contribution in [-0.4, -0.2) is 29.2 Å². The van der Waals surface area contributed by atoms with Crippen molar-refractivity contribution >= 4 is 11.6 Å². The van der Waals surface area contributed by atoms with Gasteiger partial charge in [0.2, 0.25) is 5.91 Å². The second kappa shape index (κ2) is 5.50. The summed E-state index contributed by atoms with van der Waals surface area (Å²) in [7, 11) is 0. The number of aryl methyl sites for hydroxylation is 2. The number of nitrogens with zero attached hydrogens (tertiary/aromatic N) is 1. The minimum absolute atomic E-state index is 0.0314. The van der Waals surface area contributed by atoms with Crippen molar-refractivity contribution in [2.75, 3.05) is 18.4 Å². The van der Waals surface area contributed by atoms with Crippen LogP contribution in [0, 0.1) is 13.8 Å². The van der Waals surface area contributed by atoms with Crippen molar-refractivity contribution in [2.24, 2.45) is 0 Å². The van der Waals surface area contributed by atoms with Crippen molar-refractivity contribution < 1.29 is 4.79 Å². The summed E-state index contributed by atoms with van der Waals surface area (Å²) < 4.78 is 0. The fraction of sp³-hybridized carbons (Fsp3) is 0.600. The van der Waals surface area contributed by atoms with Gasteiger partial charge in [0.25, 0.3) is 0 Å². The van der Waals surface area contributed by atoms with Gasteiger partial charge in [-0.3, -0.25) is 9.89 Å². The van der Waals surface area contributed by atoms with E-state index in [-0.39, 0.29) is 5.91 Å². The lowest BCUT2D eigenvalue weighted by molar-refractivity contribution is -0.115. The van der Waals surface area contributed by atoms with Gasteiger partial charge in [-0.2, -0.15) is 5.10 Å². The van der Waals surface area contributed by atoms with Gasteiger partial charge in [-0.05, 0) is 26.8 Å². The summed E-state index contributed by atoms with van der Waals surface area (Å²) in [5, 5.41) is 12.7. The molecule has 1 aromatic heterocycles. The van der Waals surface area contributed by atoms with Gasteiger partial charge in [0.15, 0.2) is 0 Å². The summed E-state index contributed by atoms with van der Waals surface area (Å²) in [4.78, 5) is 11.5. The van der Waals surface area contributed by atoms with E-state index in [0.29, 0.717) is 6.54 Å². The van der Waals surface area contributed by atoms with E-state index in [1.54, 1.807) is 0 Å². The Balaban J connectivity index is 2.44. The van der Waals surface area contributed by atoms with E-state index in [2.05, 4.69) is 27.8 Å². The number of amides is 1. The molecule has 0 aliphatic rings. The first-order valence-electron chi connectivity index (χ1n) is 5.17. The molecule has 1 amide bonds. The number of nitrogens with one attached hydrogen (secondary N) is 3. The fourth-order valence-electron chi connectivity index (χ4n) is 1.30. The molecule has 84 valence electrons. The van der Waals surface area contributed by atoms with Crippen LogP contribution in [0.3, 0.4) is 0 Å². The molecular weight excluding hydrogens is 192 g/mol. The number of hydrogen-bond acceptors (Lipinski definition) is 3. The molecule has 0 aliphatic carbocycles. The SMILES string of the molecule is CCCNCC(=O)Nc1c(C)n[nH]c1C. The lowest BCUT2D eigenvalue weighted by Gasteiger charge is -2.05. The highest BCUT2D eigenvalue weighted by atomic mass is 16.1. The molecule has 5 nitrogen and oxygen atoms in total. The monoisotopic (exact) mass is 210 g/mol. The molecule has 0 aliphatic heterocycles. The van der Waals surface area contributed by atoms with Gasteiger partial charge in [-0.25, -0.2) is 0 Å². The minimum atomic E-state index is -0.0314. The van der Waals surface area contributed by atoms with Gasteiger partial charge in [0, 0.05) is 0 Å². The fourth-order valence-corrected chi connectivity index (χ4v) is 1.30. The highest BCUT2D eigenvalue weighted by Crippen LogP contribution is 2.15. The number of carbonyl (C=O) groups excluding carboxylic acids is 1. The topological polar surface area (TPSA) is 69.8 Å². The lowest BCUT2D eigenvalue weighted by Crippen LogP contribution is -2.28. The Hall–Kier alpha value is -1.36. The van der Waals surface area contributed by atoms with Crippen LogP contribution in [0.15, 0.2) is 0 Å². The van der Waals surface area contributed by atoms with Gasteiger partial charge in [-0.15, -0.1) is 0 Å². The number of aromatic nitrogens is 2. The number of aromatic amines is 1. The molecule has 0 unspecified atom stereocenters. The Kier molecular flexibility index (Phi) is 4.30. The standard InChI is InChI=1S/C10H18N4O/c1-4-5-11-6-9(15)12-10-7(2)13-14-8(10)3/h11H,4-6H2,1-3H3,(H,12,15)(H,13,14). The molecular formula is C10H18N4O. The van der Waals surface area contributed by atoms with Gasteiger partial charge in [0.05, 0.1) is 23.6 Å². The number of H-pyrrole nitrogens is 1. The quantitative estimate of drug-likeness (QED) is 0.634. The van der Waals surface area contributed by atoms with Gasteiger partial charge < -0.3 is 10.6 Å². The maximum Gasteiger partial charge on any atom is 0.238 e. The molecule has 1 aromatic rings. The smallest absolute Gasteiger partial charge is 0.238 e. The largest absolute Gasteiger partial charge is 0.322 e.